The molecule has 6 nitrogen and oxygen atoms in total. The minimum atomic E-state index is -0.475. The van der Waals surface area contributed by atoms with Crippen molar-refractivity contribution in [2.24, 2.45) is 4.99 Å². The molecule has 8 heteroatoms. The lowest BCUT2D eigenvalue weighted by molar-refractivity contribution is -0.141. The van der Waals surface area contributed by atoms with Crippen LogP contribution in [-0.2, 0) is 25.4 Å². The number of aliphatic imine (C=N–C) groups is 1. The van der Waals surface area contributed by atoms with Gasteiger partial charge < -0.3 is 14.2 Å². The lowest BCUT2D eigenvalue weighted by atomic mass is 10.1. The molecule has 0 amide bonds. The number of unbranched alkanes of at least 4 members (excludes halogenated alkanes) is 1. The van der Waals surface area contributed by atoms with E-state index in [1.807, 2.05) is 12.1 Å². The van der Waals surface area contributed by atoms with E-state index in [4.69, 9.17) is 14.2 Å². The third-order valence-corrected chi connectivity index (χ3v) is 6.45. The van der Waals surface area contributed by atoms with E-state index in [-0.39, 0.29) is 18.0 Å². The fraction of sp³-hybridized carbons (Fsp3) is 0.632. The topological polar surface area (TPSA) is 74.2 Å². The van der Waals surface area contributed by atoms with Crippen LogP contribution in [0.15, 0.2) is 17.1 Å². The smallest absolute Gasteiger partial charge is 0.348 e. The monoisotopic (exact) mass is 413 g/mol. The van der Waals surface area contributed by atoms with E-state index in [0.717, 1.165) is 36.3 Å². The van der Waals surface area contributed by atoms with Crippen LogP contribution in [0.2, 0.25) is 0 Å². The van der Waals surface area contributed by atoms with E-state index in [0.29, 0.717) is 24.0 Å². The van der Waals surface area contributed by atoms with E-state index in [9.17, 15) is 9.59 Å². The molecule has 0 aliphatic carbocycles. The van der Waals surface area contributed by atoms with Crippen molar-refractivity contribution in [2.45, 2.75) is 50.8 Å². The number of ether oxygens (including phenoxy) is 3. The molecule has 2 atom stereocenters. The predicted octanol–water partition coefficient (Wildman–Crippen LogP) is 3.73. The molecule has 0 spiro atoms. The number of hydrogen-bond acceptors (Lipinski definition) is 8. The van der Waals surface area contributed by atoms with E-state index < -0.39 is 5.25 Å². The van der Waals surface area contributed by atoms with Gasteiger partial charge in [-0.1, -0.05) is 13.3 Å². The van der Waals surface area contributed by atoms with Gasteiger partial charge in [-0.15, -0.1) is 23.1 Å². The molecule has 27 heavy (non-hydrogen) atoms. The van der Waals surface area contributed by atoms with E-state index in [1.54, 1.807) is 6.92 Å². The minimum Gasteiger partial charge on any atom is -0.483 e. The second kappa shape index (κ2) is 11.3. The van der Waals surface area contributed by atoms with Gasteiger partial charge in [-0.3, -0.25) is 4.79 Å². The quantitative estimate of drug-likeness (QED) is 0.454. The molecule has 0 aromatic carbocycles. The van der Waals surface area contributed by atoms with Crippen molar-refractivity contribution in [3.8, 4) is 0 Å². The summed E-state index contributed by atoms with van der Waals surface area (Å²) in [6.07, 6.45) is 3.54. The average Bonchev–Trinajstić information content (AvgIpc) is 3.15. The van der Waals surface area contributed by atoms with Crippen molar-refractivity contribution in [1.29, 1.82) is 0 Å². The van der Waals surface area contributed by atoms with Gasteiger partial charge in [0.1, 0.15) is 4.88 Å². The third-order valence-electron chi connectivity index (χ3n) is 4.02. The maximum absolute atomic E-state index is 12.0. The first-order valence-electron chi connectivity index (χ1n) is 9.24. The molecule has 1 aliphatic heterocycles. The number of aryl methyl sites for hydroxylation is 1. The molecule has 0 saturated carbocycles. The van der Waals surface area contributed by atoms with Crippen molar-refractivity contribution in [3.05, 3.63) is 21.9 Å². The standard InChI is InChI=1S/C19H27NO5S2/c1-4-6-11-25-18(21)15-10-9-14(27-15)8-7-13-12-26-16(17(20-13)23-3)19(22)24-5-2/h9-10,13,16H,4-8,11-12H2,1-3H3. The average molecular weight is 414 g/mol. The van der Waals surface area contributed by atoms with Crippen LogP contribution in [0.5, 0.6) is 0 Å². The minimum absolute atomic E-state index is 0.0812. The number of nitrogens with zero attached hydrogens (tertiary/aromatic N) is 1. The first-order valence-corrected chi connectivity index (χ1v) is 11.1. The second-order valence-corrected chi connectivity index (χ2v) is 8.39. The second-order valence-electron chi connectivity index (χ2n) is 6.08. The Kier molecular flexibility index (Phi) is 9.14. The summed E-state index contributed by atoms with van der Waals surface area (Å²) in [5.74, 6) is 0.630. The molecular formula is C19H27NO5S2. The molecule has 0 radical (unpaired) electrons. The molecular weight excluding hydrogens is 386 g/mol. The van der Waals surface area contributed by atoms with E-state index in [2.05, 4.69) is 11.9 Å². The lowest BCUT2D eigenvalue weighted by Crippen LogP contribution is -2.36. The Labute approximate surface area is 168 Å². The molecule has 0 N–H and O–H groups in total. The summed E-state index contributed by atoms with van der Waals surface area (Å²) in [6, 6.07) is 3.88. The molecule has 0 saturated heterocycles. The summed E-state index contributed by atoms with van der Waals surface area (Å²) in [7, 11) is 1.53. The van der Waals surface area contributed by atoms with Crippen LogP contribution in [0.25, 0.3) is 0 Å². The number of rotatable bonds is 9. The Morgan fingerprint density at radius 3 is 2.78 bits per heavy atom. The highest BCUT2D eigenvalue weighted by Gasteiger charge is 2.33. The number of carbonyl (C=O) groups is 2. The predicted molar refractivity (Wildman–Crippen MR) is 109 cm³/mol. The van der Waals surface area contributed by atoms with E-state index in [1.165, 1.54) is 30.2 Å². The van der Waals surface area contributed by atoms with Gasteiger partial charge >= 0.3 is 11.9 Å². The number of hydrogen-bond donors (Lipinski definition) is 0. The molecule has 1 aromatic heterocycles. The zero-order valence-corrected chi connectivity index (χ0v) is 17.7. The number of thioether (sulfide) groups is 1. The number of carbonyl (C=O) groups excluding carboxylic acids is 2. The van der Waals surface area contributed by atoms with Crippen molar-refractivity contribution in [2.75, 3.05) is 26.1 Å². The zero-order valence-electron chi connectivity index (χ0n) is 16.1. The van der Waals surface area contributed by atoms with Crippen LogP contribution >= 0.6 is 23.1 Å². The van der Waals surface area contributed by atoms with Gasteiger partial charge in [-0.05, 0) is 38.3 Å². The van der Waals surface area contributed by atoms with Crippen LogP contribution in [0.3, 0.4) is 0 Å². The van der Waals surface area contributed by atoms with Crippen LogP contribution in [0, 0.1) is 0 Å². The Morgan fingerprint density at radius 2 is 2.07 bits per heavy atom. The van der Waals surface area contributed by atoms with Crippen molar-refractivity contribution in [1.82, 2.24) is 0 Å². The first kappa shape index (κ1) is 21.8. The Bertz CT molecular complexity index is 658. The molecule has 2 rings (SSSR count). The van der Waals surface area contributed by atoms with Gasteiger partial charge in [0.25, 0.3) is 0 Å². The normalized spacial score (nSPS) is 19.3. The molecule has 1 aliphatic rings. The van der Waals surface area contributed by atoms with Crippen molar-refractivity contribution >= 4 is 40.9 Å². The lowest BCUT2D eigenvalue weighted by Gasteiger charge is -2.25. The van der Waals surface area contributed by atoms with Gasteiger partial charge in [0.15, 0.2) is 5.25 Å². The summed E-state index contributed by atoms with van der Waals surface area (Å²) < 4.78 is 15.6. The summed E-state index contributed by atoms with van der Waals surface area (Å²) >= 11 is 2.98. The molecule has 2 heterocycles. The van der Waals surface area contributed by atoms with Crippen LogP contribution < -0.4 is 0 Å². The SMILES string of the molecule is CCCCOC(=O)c1ccc(CCC2CSC(C(=O)OCC)C(OC)=N2)s1. The summed E-state index contributed by atoms with van der Waals surface area (Å²) in [6.45, 7) is 4.66. The van der Waals surface area contributed by atoms with Crippen molar-refractivity contribution in [3.63, 3.8) is 0 Å². The Balaban J connectivity index is 1.87. The van der Waals surface area contributed by atoms with Gasteiger partial charge in [0.2, 0.25) is 5.90 Å². The van der Waals surface area contributed by atoms with Gasteiger partial charge in [-0.2, -0.15) is 0 Å². The summed E-state index contributed by atoms with van der Waals surface area (Å²) in [5.41, 5.74) is 0. The first-order chi connectivity index (χ1) is 13.1. The van der Waals surface area contributed by atoms with Crippen molar-refractivity contribution < 1.29 is 23.8 Å². The highest BCUT2D eigenvalue weighted by atomic mass is 32.2. The fourth-order valence-corrected chi connectivity index (χ4v) is 4.65. The molecule has 150 valence electrons. The number of methoxy groups -OCH3 is 1. The fourth-order valence-electron chi connectivity index (χ4n) is 2.57. The Morgan fingerprint density at radius 1 is 1.26 bits per heavy atom. The van der Waals surface area contributed by atoms with Crippen LogP contribution in [0.4, 0.5) is 0 Å². The Hall–Kier alpha value is -1.54. The van der Waals surface area contributed by atoms with Gasteiger partial charge in [0.05, 0.1) is 26.4 Å². The molecule has 0 bridgehead atoms. The summed E-state index contributed by atoms with van der Waals surface area (Å²) in [5, 5.41) is -0.475. The molecule has 0 fully saturated rings. The van der Waals surface area contributed by atoms with Gasteiger partial charge in [0, 0.05) is 10.6 Å². The largest absolute Gasteiger partial charge is 0.483 e. The number of esters is 2. The highest BCUT2D eigenvalue weighted by molar-refractivity contribution is 8.01. The van der Waals surface area contributed by atoms with Gasteiger partial charge in [-0.25, -0.2) is 9.79 Å². The molecule has 1 aromatic rings. The van der Waals surface area contributed by atoms with Crippen LogP contribution in [0.1, 0.15) is 47.7 Å². The molecule has 2 unspecified atom stereocenters. The summed E-state index contributed by atoms with van der Waals surface area (Å²) in [4.78, 5) is 30.3. The highest BCUT2D eigenvalue weighted by Crippen LogP contribution is 2.27. The number of thiophene rings is 1. The third kappa shape index (κ3) is 6.53. The van der Waals surface area contributed by atoms with Crippen LogP contribution in [-0.4, -0.2) is 55.2 Å². The maximum atomic E-state index is 12.0. The van der Waals surface area contributed by atoms with E-state index >= 15 is 0 Å². The maximum Gasteiger partial charge on any atom is 0.348 e. The zero-order chi connectivity index (χ0) is 19.6.